The fraction of sp³-hybridized carbons (Fsp3) is 0.571. The van der Waals surface area contributed by atoms with Gasteiger partial charge in [0.25, 0.3) is 0 Å². The summed E-state index contributed by atoms with van der Waals surface area (Å²) in [7, 11) is 0. The van der Waals surface area contributed by atoms with Crippen molar-refractivity contribution in [3.63, 3.8) is 0 Å². The summed E-state index contributed by atoms with van der Waals surface area (Å²) in [6.07, 6.45) is 5.72. The standard InChI is InChI=1S/C14H15Br2NO3/c15-9-4-3-5-10(17(18)19)13(9)20-12-8-11(16)14(12)6-1-2-7-14/h3-5,11-12H,1-2,6-8H2. The van der Waals surface area contributed by atoms with Crippen LogP contribution in [0.2, 0.25) is 0 Å². The number of hydrogen-bond acceptors (Lipinski definition) is 3. The number of hydrogen-bond donors (Lipinski definition) is 0. The van der Waals surface area contributed by atoms with Gasteiger partial charge in [0.2, 0.25) is 5.75 Å². The Morgan fingerprint density at radius 2 is 2.05 bits per heavy atom. The smallest absolute Gasteiger partial charge is 0.312 e. The Morgan fingerprint density at radius 1 is 1.35 bits per heavy atom. The molecule has 2 aliphatic carbocycles. The molecule has 0 saturated heterocycles. The zero-order valence-corrected chi connectivity index (χ0v) is 14.0. The van der Waals surface area contributed by atoms with Crippen molar-refractivity contribution in [2.45, 2.75) is 43.0 Å². The first-order chi connectivity index (χ1) is 9.54. The van der Waals surface area contributed by atoms with Crippen molar-refractivity contribution in [1.82, 2.24) is 0 Å². The summed E-state index contributed by atoms with van der Waals surface area (Å²) in [4.78, 5) is 11.2. The van der Waals surface area contributed by atoms with Crippen LogP contribution >= 0.6 is 31.9 Å². The van der Waals surface area contributed by atoms with Crippen LogP contribution < -0.4 is 4.74 Å². The monoisotopic (exact) mass is 403 g/mol. The summed E-state index contributed by atoms with van der Waals surface area (Å²) in [6.45, 7) is 0. The summed E-state index contributed by atoms with van der Waals surface area (Å²) in [5.74, 6) is 0.369. The van der Waals surface area contributed by atoms with Crippen molar-refractivity contribution in [3.05, 3.63) is 32.8 Å². The highest BCUT2D eigenvalue weighted by Crippen LogP contribution is 2.58. The molecule has 108 valence electrons. The van der Waals surface area contributed by atoms with E-state index in [0.717, 1.165) is 19.3 Å². The highest BCUT2D eigenvalue weighted by atomic mass is 79.9. The van der Waals surface area contributed by atoms with Gasteiger partial charge in [-0.3, -0.25) is 10.1 Å². The van der Waals surface area contributed by atoms with Gasteiger partial charge in [-0.25, -0.2) is 0 Å². The zero-order chi connectivity index (χ0) is 14.3. The van der Waals surface area contributed by atoms with Gasteiger partial charge >= 0.3 is 5.69 Å². The van der Waals surface area contributed by atoms with Crippen LogP contribution in [0.3, 0.4) is 0 Å². The van der Waals surface area contributed by atoms with Crippen molar-refractivity contribution < 1.29 is 9.66 Å². The maximum Gasteiger partial charge on any atom is 0.312 e. The number of para-hydroxylation sites is 1. The number of benzene rings is 1. The predicted molar refractivity (Wildman–Crippen MR) is 83.4 cm³/mol. The van der Waals surface area contributed by atoms with Gasteiger partial charge in [0.05, 0.1) is 9.40 Å². The van der Waals surface area contributed by atoms with Crippen molar-refractivity contribution in [1.29, 1.82) is 0 Å². The van der Waals surface area contributed by atoms with Gasteiger partial charge in [0, 0.05) is 16.3 Å². The van der Waals surface area contributed by atoms with Crippen LogP contribution in [-0.2, 0) is 0 Å². The molecule has 0 heterocycles. The van der Waals surface area contributed by atoms with Gasteiger partial charge in [-0.1, -0.05) is 34.8 Å². The molecule has 2 saturated carbocycles. The third-order valence-corrected chi connectivity index (χ3v) is 6.53. The molecule has 2 aliphatic rings. The van der Waals surface area contributed by atoms with E-state index in [1.807, 2.05) is 0 Å². The quantitative estimate of drug-likeness (QED) is 0.411. The lowest BCUT2D eigenvalue weighted by Crippen LogP contribution is -2.55. The third-order valence-electron chi connectivity index (χ3n) is 4.62. The molecule has 2 fully saturated rings. The molecule has 20 heavy (non-hydrogen) atoms. The van der Waals surface area contributed by atoms with E-state index in [-0.39, 0.29) is 22.1 Å². The van der Waals surface area contributed by atoms with Gasteiger partial charge in [-0.05, 0) is 41.3 Å². The molecular formula is C14H15Br2NO3. The minimum Gasteiger partial charge on any atom is -0.482 e. The SMILES string of the molecule is O=[N+]([O-])c1cccc(Br)c1OC1CC(Br)C12CCCC2. The molecule has 2 atom stereocenters. The Hall–Kier alpha value is -0.620. The largest absolute Gasteiger partial charge is 0.482 e. The first-order valence-electron chi connectivity index (χ1n) is 6.78. The molecule has 1 aromatic rings. The molecule has 4 nitrogen and oxygen atoms in total. The molecule has 0 radical (unpaired) electrons. The van der Waals surface area contributed by atoms with E-state index in [1.54, 1.807) is 12.1 Å². The van der Waals surface area contributed by atoms with E-state index in [2.05, 4.69) is 31.9 Å². The molecule has 3 rings (SSSR count). The van der Waals surface area contributed by atoms with Crippen molar-refractivity contribution >= 4 is 37.5 Å². The van der Waals surface area contributed by atoms with Gasteiger partial charge in [0.1, 0.15) is 6.10 Å². The van der Waals surface area contributed by atoms with Crippen molar-refractivity contribution in [3.8, 4) is 5.75 Å². The molecule has 0 aliphatic heterocycles. The van der Waals surface area contributed by atoms with E-state index >= 15 is 0 Å². The van der Waals surface area contributed by atoms with E-state index in [1.165, 1.54) is 18.9 Å². The lowest BCUT2D eigenvalue weighted by molar-refractivity contribution is -0.386. The van der Waals surface area contributed by atoms with Crippen LogP contribution in [-0.4, -0.2) is 15.9 Å². The summed E-state index contributed by atoms with van der Waals surface area (Å²) in [5, 5.41) is 11.1. The fourth-order valence-electron chi connectivity index (χ4n) is 3.43. The average Bonchev–Trinajstić information content (AvgIpc) is 2.92. The van der Waals surface area contributed by atoms with Crippen LogP contribution in [0, 0.1) is 15.5 Å². The van der Waals surface area contributed by atoms with Gasteiger partial charge in [0.15, 0.2) is 0 Å². The van der Waals surface area contributed by atoms with Crippen molar-refractivity contribution in [2.75, 3.05) is 0 Å². The number of ether oxygens (including phenoxy) is 1. The topological polar surface area (TPSA) is 52.4 Å². The second kappa shape index (κ2) is 5.30. The number of rotatable bonds is 3. The zero-order valence-electron chi connectivity index (χ0n) is 10.9. The fourth-order valence-corrected chi connectivity index (χ4v) is 4.97. The second-order valence-corrected chi connectivity index (χ2v) is 7.55. The molecule has 0 bridgehead atoms. The molecule has 2 unspecified atom stereocenters. The number of alkyl halides is 1. The second-order valence-electron chi connectivity index (χ2n) is 5.60. The summed E-state index contributed by atoms with van der Waals surface area (Å²) < 4.78 is 6.71. The lowest BCUT2D eigenvalue weighted by atomic mass is 9.64. The average molecular weight is 405 g/mol. The molecule has 0 aromatic heterocycles. The Morgan fingerprint density at radius 3 is 2.65 bits per heavy atom. The number of halogens is 2. The highest BCUT2D eigenvalue weighted by molar-refractivity contribution is 9.10. The van der Waals surface area contributed by atoms with Crippen LogP contribution in [0.15, 0.2) is 22.7 Å². The normalized spacial score (nSPS) is 27.3. The van der Waals surface area contributed by atoms with Crippen LogP contribution in [0.4, 0.5) is 5.69 Å². The Balaban J connectivity index is 1.87. The van der Waals surface area contributed by atoms with Gasteiger partial charge < -0.3 is 4.74 Å². The maximum atomic E-state index is 11.1. The first kappa shape index (κ1) is 14.3. The number of nitro benzene ring substituents is 1. The summed E-state index contributed by atoms with van der Waals surface area (Å²) in [6, 6.07) is 4.94. The van der Waals surface area contributed by atoms with Crippen LogP contribution in [0.1, 0.15) is 32.1 Å². The van der Waals surface area contributed by atoms with E-state index in [9.17, 15) is 10.1 Å². The number of nitrogens with zero attached hydrogens (tertiary/aromatic N) is 1. The Labute approximate surface area is 134 Å². The maximum absolute atomic E-state index is 11.1. The lowest BCUT2D eigenvalue weighted by Gasteiger charge is -2.51. The van der Waals surface area contributed by atoms with E-state index in [4.69, 9.17) is 4.74 Å². The Bertz CT molecular complexity index is 543. The molecular weight excluding hydrogens is 390 g/mol. The highest BCUT2D eigenvalue weighted by Gasteiger charge is 2.57. The van der Waals surface area contributed by atoms with E-state index in [0.29, 0.717) is 15.0 Å². The van der Waals surface area contributed by atoms with E-state index < -0.39 is 0 Å². The summed E-state index contributed by atoms with van der Waals surface area (Å²) in [5.41, 5.74) is 0.203. The predicted octanol–water partition coefficient (Wildman–Crippen LogP) is 4.83. The minimum absolute atomic E-state index is 0.0329. The Kier molecular flexibility index (Phi) is 3.79. The van der Waals surface area contributed by atoms with Crippen LogP contribution in [0.25, 0.3) is 0 Å². The first-order valence-corrected chi connectivity index (χ1v) is 8.49. The minimum atomic E-state index is -0.383. The molecule has 1 spiro atoms. The number of nitro groups is 1. The van der Waals surface area contributed by atoms with Gasteiger partial charge in [-0.2, -0.15) is 0 Å². The molecule has 6 heteroatoms. The van der Waals surface area contributed by atoms with Crippen LogP contribution in [0.5, 0.6) is 5.75 Å². The molecule has 0 amide bonds. The van der Waals surface area contributed by atoms with Crippen molar-refractivity contribution in [2.24, 2.45) is 5.41 Å². The summed E-state index contributed by atoms with van der Waals surface area (Å²) >= 11 is 7.11. The third kappa shape index (κ3) is 2.17. The van der Waals surface area contributed by atoms with Gasteiger partial charge in [-0.15, -0.1) is 0 Å². The molecule has 1 aromatic carbocycles. The molecule has 0 N–H and O–H groups in total.